The van der Waals surface area contributed by atoms with Crippen LogP contribution in [0.1, 0.15) is 50.8 Å². The summed E-state index contributed by atoms with van der Waals surface area (Å²) in [6.45, 7) is 12.9. The molecule has 3 rings (SSSR count). The zero-order valence-corrected chi connectivity index (χ0v) is 17.6. The van der Waals surface area contributed by atoms with E-state index in [0.29, 0.717) is 10.6 Å². The highest BCUT2D eigenvalue weighted by Gasteiger charge is 2.06. The molecule has 2 aromatic rings. The van der Waals surface area contributed by atoms with Gasteiger partial charge in [-0.3, -0.25) is 0 Å². The highest BCUT2D eigenvalue weighted by Crippen LogP contribution is 2.15. The summed E-state index contributed by atoms with van der Waals surface area (Å²) < 4.78 is 0. The Balaban J connectivity index is 0.000000353. The van der Waals surface area contributed by atoms with E-state index in [2.05, 4.69) is 43.4 Å². The van der Waals surface area contributed by atoms with E-state index in [0.717, 1.165) is 17.9 Å². The van der Waals surface area contributed by atoms with Crippen molar-refractivity contribution in [3.63, 3.8) is 0 Å². The summed E-state index contributed by atoms with van der Waals surface area (Å²) in [5.74, 6) is 0.935. The fraction of sp³-hybridized carbons (Fsp3) is 0.435. The predicted octanol–water partition coefficient (Wildman–Crippen LogP) is 6.41. The molecule has 0 amide bonds. The molecule has 142 valence electrons. The van der Waals surface area contributed by atoms with E-state index >= 15 is 0 Å². The van der Waals surface area contributed by atoms with Crippen molar-refractivity contribution in [1.29, 1.82) is 5.26 Å². The van der Waals surface area contributed by atoms with Gasteiger partial charge in [-0.1, -0.05) is 75.7 Å². The van der Waals surface area contributed by atoms with E-state index in [-0.39, 0.29) is 0 Å². The fourth-order valence-electron chi connectivity index (χ4n) is 2.22. The summed E-state index contributed by atoms with van der Waals surface area (Å²) in [6, 6.07) is 17.8. The topological polar surface area (TPSA) is 35.8 Å². The molecule has 0 saturated carbocycles. The van der Waals surface area contributed by atoms with E-state index in [9.17, 15) is 0 Å². The van der Waals surface area contributed by atoms with Gasteiger partial charge >= 0.3 is 0 Å². The Kier molecular flexibility index (Phi) is 14.4. The van der Waals surface area contributed by atoms with Crippen molar-refractivity contribution in [2.75, 3.05) is 13.1 Å². The van der Waals surface area contributed by atoms with Crippen molar-refractivity contribution >= 4 is 11.6 Å². The highest BCUT2D eigenvalue weighted by atomic mass is 35.5. The maximum absolute atomic E-state index is 8.47. The third-order valence-corrected chi connectivity index (χ3v) is 4.12. The van der Waals surface area contributed by atoms with Gasteiger partial charge in [0.2, 0.25) is 0 Å². The summed E-state index contributed by atoms with van der Waals surface area (Å²) in [5.41, 5.74) is 3.02. The molecule has 1 fully saturated rings. The molecule has 1 aliphatic rings. The van der Waals surface area contributed by atoms with Gasteiger partial charge in [-0.05, 0) is 62.0 Å². The number of benzene rings is 2. The summed E-state index contributed by atoms with van der Waals surface area (Å²) >= 11 is 5.71. The standard InChI is InChI=1S/C8H6ClN.C8H10.C5H11N.C2H6/c1-6-2-3-7(5-10)8(9)4-6;1-2-8-6-4-3-5-7-8;1-5-2-3-6-4-5;1-2/h2-4H,1H3;3-7H,2H2,1H3;5-6H,2-4H2,1H3;1-2H3. The molecular weight excluding hydrogens is 340 g/mol. The lowest BCUT2D eigenvalue weighted by atomic mass is 10.2. The summed E-state index contributed by atoms with van der Waals surface area (Å²) in [7, 11) is 0. The van der Waals surface area contributed by atoms with Crippen LogP contribution in [0.25, 0.3) is 0 Å². The van der Waals surface area contributed by atoms with E-state index in [1.165, 1.54) is 25.1 Å². The third-order valence-electron chi connectivity index (χ3n) is 3.80. The van der Waals surface area contributed by atoms with Crippen LogP contribution in [0.4, 0.5) is 0 Å². The minimum absolute atomic E-state index is 0.530. The van der Waals surface area contributed by atoms with E-state index in [1.807, 2.05) is 39.0 Å². The number of nitrogens with zero attached hydrogens (tertiary/aromatic N) is 1. The molecule has 2 aromatic carbocycles. The lowest BCUT2D eigenvalue weighted by molar-refractivity contribution is 0.651. The Bertz CT molecular complexity index is 626. The largest absolute Gasteiger partial charge is 0.316 e. The Morgan fingerprint density at radius 3 is 2.15 bits per heavy atom. The summed E-state index contributed by atoms with van der Waals surface area (Å²) in [4.78, 5) is 0. The smallest absolute Gasteiger partial charge is 0.101 e. The SMILES string of the molecule is CC.CC1CCNC1.CCc1ccccc1.Cc1ccc(C#N)c(Cl)c1. The van der Waals surface area contributed by atoms with Gasteiger partial charge in [-0.2, -0.15) is 5.26 Å². The molecule has 3 heteroatoms. The molecule has 0 spiro atoms. The molecule has 1 N–H and O–H groups in total. The summed E-state index contributed by atoms with van der Waals surface area (Å²) in [6.07, 6.45) is 2.51. The molecule has 0 aromatic heterocycles. The van der Waals surface area contributed by atoms with Crippen molar-refractivity contribution in [2.45, 2.75) is 47.5 Å². The number of hydrogen-bond donors (Lipinski definition) is 1. The van der Waals surface area contributed by atoms with Gasteiger partial charge in [-0.25, -0.2) is 0 Å². The zero-order valence-electron chi connectivity index (χ0n) is 16.8. The zero-order chi connectivity index (χ0) is 19.8. The average molecular weight is 373 g/mol. The third kappa shape index (κ3) is 10.9. The molecule has 1 unspecified atom stereocenters. The first-order valence-electron chi connectivity index (χ1n) is 9.47. The first-order valence-corrected chi connectivity index (χ1v) is 9.85. The monoisotopic (exact) mass is 372 g/mol. The molecule has 1 heterocycles. The van der Waals surface area contributed by atoms with E-state index in [1.54, 1.807) is 12.1 Å². The first kappa shape index (κ1) is 24.2. The number of nitrogens with one attached hydrogen (secondary N) is 1. The number of aryl methyl sites for hydroxylation is 2. The number of halogens is 1. The molecule has 1 atom stereocenters. The second kappa shape index (κ2) is 15.4. The van der Waals surface area contributed by atoms with Gasteiger partial charge in [0.25, 0.3) is 0 Å². The molecule has 0 aliphatic carbocycles. The number of nitriles is 1. The molecule has 0 radical (unpaired) electrons. The van der Waals surface area contributed by atoms with Crippen LogP contribution < -0.4 is 5.32 Å². The Labute approximate surface area is 165 Å². The van der Waals surface area contributed by atoms with Crippen LogP contribution in [-0.2, 0) is 6.42 Å². The highest BCUT2D eigenvalue weighted by molar-refractivity contribution is 6.31. The van der Waals surface area contributed by atoms with Crippen LogP contribution in [0.2, 0.25) is 5.02 Å². The second-order valence-electron chi connectivity index (χ2n) is 6.03. The fourth-order valence-corrected chi connectivity index (χ4v) is 2.50. The van der Waals surface area contributed by atoms with Crippen molar-refractivity contribution in [3.8, 4) is 6.07 Å². The van der Waals surface area contributed by atoms with E-state index < -0.39 is 0 Å². The quantitative estimate of drug-likeness (QED) is 0.627. The van der Waals surface area contributed by atoms with Gasteiger partial charge in [-0.15, -0.1) is 0 Å². The molecule has 1 aliphatic heterocycles. The Morgan fingerprint density at radius 2 is 1.81 bits per heavy atom. The molecule has 26 heavy (non-hydrogen) atoms. The first-order chi connectivity index (χ1) is 12.6. The van der Waals surface area contributed by atoms with Crippen molar-refractivity contribution in [2.24, 2.45) is 5.92 Å². The molecule has 1 saturated heterocycles. The van der Waals surface area contributed by atoms with Crippen LogP contribution in [0.3, 0.4) is 0 Å². The maximum atomic E-state index is 8.47. The average Bonchev–Trinajstić information content (AvgIpc) is 3.16. The van der Waals surface area contributed by atoms with Crippen LogP contribution in [-0.4, -0.2) is 13.1 Å². The van der Waals surface area contributed by atoms with Crippen LogP contribution in [0.15, 0.2) is 48.5 Å². The molecule has 2 nitrogen and oxygen atoms in total. The van der Waals surface area contributed by atoms with E-state index in [4.69, 9.17) is 16.9 Å². The van der Waals surface area contributed by atoms with Crippen LogP contribution in [0, 0.1) is 24.2 Å². The van der Waals surface area contributed by atoms with Crippen molar-refractivity contribution in [1.82, 2.24) is 5.32 Å². The van der Waals surface area contributed by atoms with Crippen molar-refractivity contribution in [3.05, 3.63) is 70.2 Å². The number of hydrogen-bond acceptors (Lipinski definition) is 2. The van der Waals surface area contributed by atoms with Gasteiger partial charge in [0.05, 0.1) is 10.6 Å². The molecule has 0 bridgehead atoms. The Morgan fingerprint density at radius 1 is 1.15 bits per heavy atom. The normalized spacial score (nSPS) is 14.4. The minimum atomic E-state index is 0.530. The second-order valence-corrected chi connectivity index (χ2v) is 6.44. The predicted molar refractivity (Wildman–Crippen MR) is 115 cm³/mol. The van der Waals surface area contributed by atoms with Gasteiger partial charge < -0.3 is 5.32 Å². The maximum Gasteiger partial charge on any atom is 0.101 e. The number of rotatable bonds is 1. The Hall–Kier alpha value is -1.82. The van der Waals surface area contributed by atoms with Crippen LogP contribution in [0.5, 0.6) is 0 Å². The molecular formula is C23H33ClN2. The van der Waals surface area contributed by atoms with Gasteiger partial charge in [0.1, 0.15) is 6.07 Å². The minimum Gasteiger partial charge on any atom is -0.316 e. The lowest BCUT2D eigenvalue weighted by Gasteiger charge is -1.94. The lowest BCUT2D eigenvalue weighted by Crippen LogP contribution is -2.06. The van der Waals surface area contributed by atoms with Crippen molar-refractivity contribution < 1.29 is 0 Å². The van der Waals surface area contributed by atoms with Crippen LogP contribution >= 0.6 is 11.6 Å². The van der Waals surface area contributed by atoms with Gasteiger partial charge in [0, 0.05) is 0 Å². The van der Waals surface area contributed by atoms with Gasteiger partial charge in [0.15, 0.2) is 0 Å². The summed E-state index contributed by atoms with van der Waals surface area (Å²) in [5, 5.41) is 12.3.